The van der Waals surface area contributed by atoms with Gasteiger partial charge in [-0.15, -0.1) is 0 Å². The van der Waals surface area contributed by atoms with Crippen LogP contribution < -0.4 is 5.73 Å². The summed E-state index contributed by atoms with van der Waals surface area (Å²) in [7, 11) is 1.90. The molecule has 0 radical (unpaired) electrons. The minimum atomic E-state index is 0.0583. The maximum absolute atomic E-state index is 6.19. The van der Waals surface area contributed by atoms with Crippen molar-refractivity contribution in [2.24, 2.45) is 12.8 Å². The molecular formula is C12H17N5S. The monoisotopic (exact) mass is 263 g/mol. The van der Waals surface area contributed by atoms with E-state index in [1.54, 1.807) is 28.8 Å². The summed E-state index contributed by atoms with van der Waals surface area (Å²) in [5.74, 6) is 0. The molecule has 0 aromatic carbocycles. The second-order valence-electron chi connectivity index (χ2n) is 4.09. The summed E-state index contributed by atoms with van der Waals surface area (Å²) in [5.41, 5.74) is 7.31. The normalized spacial score (nSPS) is 14.4. The van der Waals surface area contributed by atoms with Crippen LogP contribution in [0.15, 0.2) is 36.0 Å². The quantitative estimate of drug-likeness (QED) is 0.658. The van der Waals surface area contributed by atoms with E-state index in [1.165, 1.54) is 0 Å². The summed E-state index contributed by atoms with van der Waals surface area (Å²) in [6, 6.07) is 1.87. The van der Waals surface area contributed by atoms with Crippen molar-refractivity contribution in [3.63, 3.8) is 0 Å². The number of aromatic nitrogens is 4. The van der Waals surface area contributed by atoms with E-state index < -0.39 is 0 Å². The van der Waals surface area contributed by atoms with Crippen molar-refractivity contribution in [1.29, 1.82) is 0 Å². The molecule has 0 saturated carbocycles. The Hall–Kier alpha value is -1.40. The van der Waals surface area contributed by atoms with E-state index in [4.69, 9.17) is 5.73 Å². The number of nitrogens with two attached hydrogens (primary N) is 1. The van der Waals surface area contributed by atoms with Crippen molar-refractivity contribution in [2.45, 2.75) is 29.8 Å². The molecule has 0 bridgehead atoms. The van der Waals surface area contributed by atoms with E-state index in [2.05, 4.69) is 22.0 Å². The maximum atomic E-state index is 6.19. The molecule has 0 aliphatic rings. The van der Waals surface area contributed by atoms with Crippen molar-refractivity contribution >= 4 is 11.8 Å². The first-order valence-electron chi connectivity index (χ1n) is 5.88. The molecule has 5 nitrogen and oxygen atoms in total. The summed E-state index contributed by atoms with van der Waals surface area (Å²) < 4.78 is 1.79. The van der Waals surface area contributed by atoms with Crippen LogP contribution in [0.5, 0.6) is 0 Å². The van der Waals surface area contributed by atoms with Gasteiger partial charge in [-0.25, -0.2) is 9.97 Å². The predicted octanol–water partition coefficient (Wildman–Crippen LogP) is 1.78. The van der Waals surface area contributed by atoms with E-state index in [0.717, 1.165) is 17.1 Å². The second kappa shape index (κ2) is 5.97. The second-order valence-corrected chi connectivity index (χ2v) is 5.20. The molecule has 0 fully saturated rings. The number of nitrogens with zero attached hydrogens (tertiary/aromatic N) is 4. The summed E-state index contributed by atoms with van der Waals surface area (Å²) in [6.45, 7) is 2.08. The molecule has 0 spiro atoms. The van der Waals surface area contributed by atoms with Crippen LogP contribution in [0.1, 0.15) is 24.2 Å². The molecule has 2 heterocycles. The molecule has 96 valence electrons. The lowest BCUT2D eigenvalue weighted by Crippen LogP contribution is -2.25. The van der Waals surface area contributed by atoms with Crippen molar-refractivity contribution < 1.29 is 0 Å². The first kappa shape index (κ1) is 13.0. The maximum Gasteiger partial charge on any atom is 0.188 e. The number of aryl methyl sites for hydroxylation is 1. The summed E-state index contributed by atoms with van der Waals surface area (Å²) in [4.78, 5) is 8.47. The Morgan fingerprint density at radius 3 is 2.67 bits per heavy atom. The van der Waals surface area contributed by atoms with Gasteiger partial charge < -0.3 is 5.73 Å². The first-order chi connectivity index (χ1) is 8.70. The largest absolute Gasteiger partial charge is 0.326 e. The van der Waals surface area contributed by atoms with Crippen LogP contribution in [-0.4, -0.2) is 25.8 Å². The van der Waals surface area contributed by atoms with Gasteiger partial charge in [0.15, 0.2) is 5.16 Å². The number of hydrogen-bond acceptors (Lipinski definition) is 5. The highest BCUT2D eigenvalue weighted by molar-refractivity contribution is 7.99. The molecule has 0 aliphatic carbocycles. The first-order valence-corrected chi connectivity index (χ1v) is 6.76. The van der Waals surface area contributed by atoms with Gasteiger partial charge >= 0.3 is 0 Å². The number of rotatable bonds is 5. The van der Waals surface area contributed by atoms with Crippen LogP contribution in [0.25, 0.3) is 0 Å². The van der Waals surface area contributed by atoms with Gasteiger partial charge in [-0.1, -0.05) is 18.7 Å². The zero-order valence-electron chi connectivity index (χ0n) is 10.5. The molecule has 2 aromatic heterocycles. The van der Waals surface area contributed by atoms with Gasteiger partial charge in [0, 0.05) is 37.2 Å². The van der Waals surface area contributed by atoms with Gasteiger partial charge in [0.2, 0.25) is 0 Å². The molecule has 0 saturated heterocycles. The van der Waals surface area contributed by atoms with Gasteiger partial charge in [-0.3, -0.25) is 4.68 Å². The van der Waals surface area contributed by atoms with Gasteiger partial charge in [0.05, 0.1) is 11.4 Å². The highest BCUT2D eigenvalue weighted by atomic mass is 32.2. The minimum Gasteiger partial charge on any atom is -0.326 e. The number of thioether (sulfide) groups is 1. The van der Waals surface area contributed by atoms with Crippen molar-refractivity contribution in [1.82, 2.24) is 19.7 Å². The van der Waals surface area contributed by atoms with Crippen LogP contribution in [-0.2, 0) is 7.05 Å². The molecular weight excluding hydrogens is 246 g/mol. The Morgan fingerprint density at radius 1 is 1.39 bits per heavy atom. The van der Waals surface area contributed by atoms with E-state index >= 15 is 0 Å². The SMILES string of the molecule is CCC(N)C(Sc1ncccn1)c1cnn(C)c1. The fourth-order valence-electron chi connectivity index (χ4n) is 1.66. The Morgan fingerprint density at radius 2 is 2.11 bits per heavy atom. The molecule has 2 atom stereocenters. The van der Waals surface area contributed by atoms with E-state index in [1.807, 2.05) is 25.5 Å². The zero-order chi connectivity index (χ0) is 13.0. The minimum absolute atomic E-state index is 0.0583. The molecule has 2 N–H and O–H groups in total. The smallest absolute Gasteiger partial charge is 0.188 e. The Labute approximate surface area is 111 Å². The summed E-state index contributed by atoms with van der Waals surface area (Å²) in [5, 5.41) is 5.08. The Kier molecular flexibility index (Phi) is 4.33. The van der Waals surface area contributed by atoms with Crippen molar-refractivity contribution in [3.8, 4) is 0 Å². The lowest BCUT2D eigenvalue weighted by Gasteiger charge is -2.20. The summed E-state index contributed by atoms with van der Waals surface area (Å²) in [6.07, 6.45) is 8.24. The van der Waals surface area contributed by atoms with Gasteiger partial charge in [-0.05, 0) is 12.5 Å². The van der Waals surface area contributed by atoms with Crippen LogP contribution in [0.3, 0.4) is 0 Å². The molecule has 2 aromatic rings. The Bertz CT molecular complexity index is 484. The molecule has 0 aliphatic heterocycles. The lowest BCUT2D eigenvalue weighted by atomic mass is 10.1. The molecule has 2 rings (SSSR count). The van der Waals surface area contributed by atoms with Crippen LogP contribution in [0.4, 0.5) is 0 Å². The molecule has 2 unspecified atom stereocenters. The predicted molar refractivity (Wildman–Crippen MR) is 72.1 cm³/mol. The van der Waals surface area contributed by atoms with Crippen molar-refractivity contribution in [2.75, 3.05) is 0 Å². The third-order valence-electron chi connectivity index (χ3n) is 2.69. The summed E-state index contributed by atoms with van der Waals surface area (Å²) >= 11 is 1.59. The van der Waals surface area contributed by atoms with Gasteiger partial charge in [0.1, 0.15) is 0 Å². The third-order valence-corrected chi connectivity index (χ3v) is 3.99. The standard InChI is InChI=1S/C12H17N5S/c1-3-10(13)11(9-7-16-17(2)8-9)18-12-14-5-4-6-15-12/h4-8,10-11H,3,13H2,1-2H3. The Balaban J connectivity index is 2.21. The van der Waals surface area contributed by atoms with E-state index in [-0.39, 0.29) is 11.3 Å². The van der Waals surface area contributed by atoms with Crippen LogP contribution in [0.2, 0.25) is 0 Å². The van der Waals surface area contributed by atoms with E-state index in [9.17, 15) is 0 Å². The van der Waals surface area contributed by atoms with Crippen molar-refractivity contribution in [3.05, 3.63) is 36.4 Å². The fourth-order valence-corrected chi connectivity index (χ4v) is 2.76. The highest BCUT2D eigenvalue weighted by Crippen LogP contribution is 2.35. The average molecular weight is 263 g/mol. The van der Waals surface area contributed by atoms with Gasteiger partial charge in [-0.2, -0.15) is 5.10 Å². The highest BCUT2D eigenvalue weighted by Gasteiger charge is 2.22. The zero-order valence-corrected chi connectivity index (χ0v) is 11.3. The van der Waals surface area contributed by atoms with Crippen LogP contribution in [0, 0.1) is 0 Å². The topological polar surface area (TPSA) is 69.6 Å². The average Bonchev–Trinajstić information content (AvgIpc) is 2.83. The lowest BCUT2D eigenvalue weighted by molar-refractivity contribution is 0.632. The third kappa shape index (κ3) is 3.08. The number of hydrogen-bond donors (Lipinski definition) is 1. The van der Waals surface area contributed by atoms with Gasteiger partial charge in [0.25, 0.3) is 0 Å². The fraction of sp³-hybridized carbons (Fsp3) is 0.417. The van der Waals surface area contributed by atoms with E-state index in [0.29, 0.717) is 0 Å². The molecule has 0 amide bonds. The molecule has 6 heteroatoms. The molecule has 18 heavy (non-hydrogen) atoms. The van der Waals surface area contributed by atoms with Crippen LogP contribution >= 0.6 is 11.8 Å².